The minimum Gasteiger partial charge on any atom is -0.353 e. The summed E-state index contributed by atoms with van der Waals surface area (Å²) < 4.78 is 0. The third kappa shape index (κ3) is 4.00. The Bertz CT molecular complexity index is 620. The molecule has 0 saturated carbocycles. The van der Waals surface area contributed by atoms with Crippen LogP contribution in [0.3, 0.4) is 0 Å². The number of hydrogen-bond donors (Lipinski definition) is 0. The van der Waals surface area contributed by atoms with Crippen LogP contribution in [0.4, 0.5) is 11.8 Å². The lowest BCUT2D eigenvalue weighted by atomic mass is 10.2. The van der Waals surface area contributed by atoms with Gasteiger partial charge in [-0.3, -0.25) is 4.90 Å². The van der Waals surface area contributed by atoms with Gasteiger partial charge in [0.1, 0.15) is 0 Å². The van der Waals surface area contributed by atoms with E-state index in [-0.39, 0.29) is 0 Å². The summed E-state index contributed by atoms with van der Waals surface area (Å²) >= 11 is 0. The molecule has 1 aromatic heterocycles. The number of benzene rings is 1. The summed E-state index contributed by atoms with van der Waals surface area (Å²) in [6.45, 7) is 11.1. The van der Waals surface area contributed by atoms with E-state index in [0.29, 0.717) is 0 Å². The number of aromatic nitrogens is 3. The van der Waals surface area contributed by atoms with Gasteiger partial charge in [-0.05, 0) is 19.4 Å². The zero-order chi connectivity index (χ0) is 16.8. The second-order valence-electron chi connectivity index (χ2n) is 6.04. The Hall–Kier alpha value is -2.21. The predicted octanol–water partition coefficient (Wildman–Crippen LogP) is 2.04. The Balaban J connectivity index is 1.59. The largest absolute Gasteiger partial charge is 0.353 e. The Kier molecular flexibility index (Phi) is 5.59. The maximum absolute atomic E-state index is 4.71. The maximum atomic E-state index is 4.71. The van der Waals surface area contributed by atoms with Crippen LogP contribution in [-0.4, -0.2) is 59.3 Å². The van der Waals surface area contributed by atoms with Crippen LogP contribution in [0.2, 0.25) is 0 Å². The molecule has 3 rings (SSSR count). The van der Waals surface area contributed by atoms with Gasteiger partial charge in [-0.25, -0.2) is 0 Å². The van der Waals surface area contributed by atoms with Crippen LogP contribution in [-0.2, 0) is 6.54 Å². The van der Waals surface area contributed by atoms with E-state index in [1.165, 1.54) is 5.56 Å². The van der Waals surface area contributed by atoms with Crippen LogP contribution in [0.1, 0.15) is 19.4 Å². The van der Waals surface area contributed by atoms with Gasteiger partial charge in [0.15, 0.2) is 5.82 Å². The van der Waals surface area contributed by atoms with Crippen molar-refractivity contribution in [3.8, 4) is 0 Å². The molecular formula is C18H26N6. The minimum absolute atomic E-state index is 0.726. The molecule has 6 heteroatoms. The summed E-state index contributed by atoms with van der Waals surface area (Å²) in [4.78, 5) is 11.6. The fourth-order valence-electron chi connectivity index (χ4n) is 3.06. The monoisotopic (exact) mass is 326 g/mol. The molecule has 1 aromatic carbocycles. The van der Waals surface area contributed by atoms with Crippen molar-refractivity contribution in [1.29, 1.82) is 0 Å². The van der Waals surface area contributed by atoms with Crippen molar-refractivity contribution in [3.05, 3.63) is 42.1 Å². The van der Waals surface area contributed by atoms with E-state index in [2.05, 4.69) is 69.1 Å². The lowest BCUT2D eigenvalue weighted by molar-refractivity contribution is 0.249. The molecule has 0 amide bonds. The van der Waals surface area contributed by atoms with Gasteiger partial charge in [0, 0.05) is 45.8 Å². The van der Waals surface area contributed by atoms with E-state index in [0.717, 1.165) is 57.6 Å². The summed E-state index contributed by atoms with van der Waals surface area (Å²) in [5.74, 6) is 1.66. The number of nitrogens with zero attached hydrogens (tertiary/aromatic N) is 6. The van der Waals surface area contributed by atoms with Crippen molar-refractivity contribution in [2.24, 2.45) is 0 Å². The first-order chi connectivity index (χ1) is 11.8. The smallest absolute Gasteiger partial charge is 0.247 e. The minimum atomic E-state index is 0.726. The van der Waals surface area contributed by atoms with Crippen LogP contribution in [0.5, 0.6) is 0 Å². The zero-order valence-electron chi connectivity index (χ0n) is 14.6. The quantitative estimate of drug-likeness (QED) is 0.810. The number of rotatable bonds is 6. The normalized spacial score (nSPS) is 15.5. The SMILES string of the molecule is CCN(CC)c1nncc(N2CCN(Cc3ccccc3)CC2)n1. The highest BCUT2D eigenvalue weighted by atomic mass is 15.4. The molecule has 1 aliphatic rings. The van der Waals surface area contributed by atoms with Crippen molar-refractivity contribution < 1.29 is 0 Å². The van der Waals surface area contributed by atoms with E-state index in [4.69, 9.17) is 4.98 Å². The highest BCUT2D eigenvalue weighted by Crippen LogP contribution is 2.16. The fourth-order valence-corrected chi connectivity index (χ4v) is 3.06. The average Bonchev–Trinajstić information content (AvgIpc) is 2.65. The van der Waals surface area contributed by atoms with Crippen LogP contribution in [0, 0.1) is 0 Å². The van der Waals surface area contributed by atoms with E-state index < -0.39 is 0 Å². The molecule has 1 fully saturated rings. The summed E-state index contributed by atoms with van der Waals surface area (Å²) in [6, 6.07) is 10.7. The highest BCUT2D eigenvalue weighted by molar-refractivity contribution is 5.42. The topological polar surface area (TPSA) is 48.4 Å². The van der Waals surface area contributed by atoms with Crippen LogP contribution in [0.25, 0.3) is 0 Å². The molecule has 0 aliphatic carbocycles. The van der Waals surface area contributed by atoms with E-state index in [1.807, 2.05) is 0 Å². The standard InChI is InChI=1S/C18H26N6/c1-3-23(4-2)18-20-17(14-19-21-18)24-12-10-22(11-13-24)15-16-8-6-5-7-9-16/h5-9,14H,3-4,10-13,15H2,1-2H3. The van der Waals surface area contributed by atoms with Gasteiger partial charge in [0.05, 0.1) is 6.20 Å². The molecule has 0 bridgehead atoms. The molecule has 2 heterocycles. The number of anilines is 2. The molecule has 128 valence electrons. The second-order valence-corrected chi connectivity index (χ2v) is 6.04. The van der Waals surface area contributed by atoms with Crippen molar-refractivity contribution in [2.45, 2.75) is 20.4 Å². The van der Waals surface area contributed by atoms with Gasteiger partial charge < -0.3 is 9.80 Å². The van der Waals surface area contributed by atoms with Crippen LogP contribution in [0.15, 0.2) is 36.5 Å². The number of piperazine rings is 1. The van der Waals surface area contributed by atoms with E-state index >= 15 is 0 Å². The van der Waals surface area contributed by atoms with Gasteiger partial charge in [-0.15, -0.1) is 5.10 Å². The van der Waals surface area contributed by atoms with E-state index in [9.17, 15) is 0 Å². The Morgan fingerprint density at radius 2 is 1.71 bits per heavy atom. The predicted molar refractivity (Wildman–Crippen MR) is 97.3 cm³/mol. The third-order valence-corrected chi connectivity index (χ3v) is 4.53. The zero-order valence-corrected chi connectivity index (χ0v) is 14.6. The van der Waals surface area contributed by atoms with Gasteiger partial charge >= 0.3 is 0 Å². The molecule has 0 N–H and O–H groups in total. The van der Waals surface area contributed by atoms with E-state index in [1.54, 1.807) is 6.20 Å². The second kappa shape index (κ2) is 8.06. The molecular weight excluding hydrogens is 300 g/mol. The highest BCUT2D eigenvalue weighted by Gasteiger charge is 2.19. The Labute approximate surface area is 144 Å². The van der Waals surface area contributed by atoms with Crippen molar-refractivity contribution >= 4 is 11.8 Å². The van der Waals surface area contributed by atoms with Crippen molar-refractivity contribution in [1.82, 2.24) is 20.1 Å². The maximum Gasteiger partial charge on any atom is 0.247 e. The third-order valence-electron chi connectivity index (χ3n) is 4.53. The van der Waals surface area contributed by atoms with Gasteiger partial charge in [-0.1, -0.05) is 30.3 Å². The van der Waals surface area contributed by atoms with Gasteiger partial charge in [-0.2, -0.15) is 10.1 Å². The molecule has 0 radical (unpaired) electrons. The summed E-state index contributed by atoms with van der Waals surface area (Å²) in [5, 5.41) is 8.33. The average molecular weight is 326 g/mol. The fraction of sp³-hybridized carbons (Fsp3) is 0.500. The van der Waals surface area contributed by atoms with Crippen molar-refractivity contribution in [2.75, 3.05) is 49.1 Å². The molecule has 6 nitrogen and oxygen atoms in total. The molecule has 1 saturated heterocycles. The molecule has 24 heavy (non-hydrogen) atoms. The van der Waals surface area contributed by atoms with Crippen molar-refractivity contribution in [3.63, 3.8) is 0 Å². The summed E-state index contributed by atoms with van der Waals surface area (Å²) in [5.41, 5.74) is 1.37. The van der Waals surface area contributed by atoms with Gasteiger partial charge in [0.25, 0.3) is 0 Å². The van der Waals surface area contributed by atoms with Crippen LogP contribution < -0.4 is 9.80 Å². The molecule has 0 atom stereocenters. The lowest BCUT2D eigenvalue weighted by Crippen LogP contribution is -2.46. The molecule has 0 spiro atoms. The first-order valence-electron chi connectivity index (χ1n) is 8.76. The van der Waals surface area contributed by atoms with Gasteiger partial charge in [0.2, 0.25) is 5.95 Å². The number of hydrogen-bond acceptors (Lipinski definition) is 6. The Morgan fingerprint density at radius 1 is 1.00 bits per heavy atom. The summed E-state index contributed by atoms with van der Waals surface area (Å²) in [7, 11) is 0. The summed E-state index contributed by atoms with van der Waals surface area (Å²) in [6.07, 6.45) is 1.78. The Morgan fingerprint density at radius 3 is 2.38 bits per heavy atom. The molecule has 1 aliphatic heterocycles. The molecule has 2 aromatic rings. The first kappa shape index (κ1) is 16.6. The molecule has 0 unspecified atom stereocenters. The van der Waals surface area contributed by atoms with Crippen LogP contribution >= 0.6 is 0 Å². The lowest BCUT2D eigenvalue weighted by Gasteiger charge is -2.35. The first-order valence-corrected chi connectivity index (χ1v) is 8.76.